The lowest BCUT2D eigenvalue weighted by Crippen LogP contribution is -2.50. The molecule has 0 aliphatic carbocycles. The van der Waals surface area contributed by atoms with Crippen molar-refractivity contribution < 1.29 is 0 Å². The van der Waals surface area contributed by atoms with Crippen molar-refractivity contribution in [2.24, 2.45) is 0 Å². The minimum Gasteiger partial charge on any atom is -0.302 e. The third kappa shape index (κ3) is 2.96. The van der Waals surface area contributed by atoms with Gasteiger partial charge in [-0.15, -0.1) is 0 Å². The van der Waals surface area contributed by atoms with E-state index >= 15 is 0 Å². The summed E-state index contributed by atoms with van der Waals surface area (Å²) in [7, 11) is 0. The summed E-state index contributed by atoms with van der Waals surface area (Å²) in [6.07, 6.45) is 2.70. The van der Waals surface area contributed by atoms with Crippen molar-refractivity contribution in [3.8, 4) is 0 Å². The Morgan fingerprint density at radius 1 is 0.938 bits per heavy atom. The van der Waals surface area contributed by atoms with Crippen molar-refractivity contribution in [3.63, 3.8) is 0 Å². The fourth-order valence-corrected chi connectivity index (χ4v) is 3.07. The number of nitrogens with zero attached hydrogens (tertiary/aromatic N) is 3. The van der Waals surface area contributed by atoms with Gasteiger partial charge in [0.2, 0.25) is 0 Å². The molecule has 0 aromatic carbocycles. The first kappa shape index (κ1) is 12.3. The van der Waals surface area contributed by atoms with Crippen LogP contribution in [0.2, 0.25) is 0 Å². The molecule has 0 unspecified atom stereocenters. The van der Waals surface area contributed by atoms with E-state index in [2.05, 4.69) is 28.5 Å². The summed E-state index contributed by atoms with van der Waals surface area (Å²) < 4.78 is 0. The molecule has 3 nitrogen and oxygen atoms in total. The van der Waals surface area contributed by atoms with Gasteiger partial charge >= 0.3 is 0 Å². The standard InChI is InChI=1S/C13H27N3/c1-3-6-15-7-5-13(12-15)16-10-8-14(4-2)9-11-16/h13H,3-12H2,1-2H3/t13-/m0/s1. The zero-order chi connectivity index (χ0) is 11.4. The van der Waals surface area contributed by atoms with Crippen molar-refractivity contribution >= 4 is 0 Å². The third-order valence-electron chi connectivity index (χ3n) is 4.16. The van der Waals surface area contributed by atoms with Crippen LogP contribution < -0.4 is 0 Å². The quantitative estimate of drug-likeness (QED) is 0.709. The molecule has 0 saturated carbocycles. The second-order valence-electron chi connectivity index (χ2n) is 5.21. The van der Waals surface area contributed by atoms with Gasteiger partial charge in [-0.25, -0.2) is 0 Å². The fraction of sp³-hybridized carbons (Fsp3) is 1.00. The smallest absolute Gasteiger partial charge is 0.0236 e. The van der Waals surface area contributed by atoms with Gasteiger partial charge in [0.25, 0.3) is 0 Å². The van der Waals surface area contributed by atoms with E-state index in [1.54, 1.807) is 0 Å². The van der Waals surface area contributed by atoms with Crippen LogP contribution in [0.15, 0.2) is 0 Å². The average molecular weight is 225 g/mol. The Hall–Kier alpha value is -0.120. The van der Waals surface area contributed by atoms with Gasteiger partial charge < -0.3 is 9.80 Å². The molecule has 0 amide bonds. The molecule has 0 radical (unpaired) electrons. The molecule has 94 valence electrons. The SMILES string of the molecule is CCCN1CC[C@H](N2CCN(CC)CC2)C1. The Bertz CT molecular complexity index is 199. The molecule has 0 aromatic rings. The minimum absolute atomic E-state index is 0.852. The molecular formula is C13H27N3. The highest BCUT2D eigenvalue weighted by Crippen LogP contribution is 2.17. The van der Waals surface area contributed by atoms with E-state index in [1.165, 1.54) is 65.2 Å². The Kier molecular flexibility index (Phi) is 4.62. The predicted octanol–water partition coefficient (Wildman–Crippen LogP) is 1.11. The van der Waals surface area contributed by atoms with Gasteiger partial charge in [0, 0.05) is 38.8 Å². The first-order chi connectivity index (χ1) is 7.83. The van der Waals surface area contributed by atoms with E-state index in [1.807, 2.05) is 0 Å². The zero-order valence-corrected chi connectivity index (χ0v) is 11.0. The van der Waals surface area contributed by atoms with Crippen molar-refractivity contribution in [3.05, 3.63) is 0 Å². The van der Waals surface area contributed by atoms with E-state index in [4.69, 9.17) is 0 Å². The number of hydrogen-bond acceptors (Lipinski definition) is 3. The summed E-state index contributed by atoms with van der Waals surface area (Å²) in [5.41, 5.74) is 0. The summed E-state index contributed by atoms with van der Waals surface area (Å²) in [5.74, 6) is 0. The molecule has 3 heteroatoms. The van der Waals surface area contributed by atoms with Crippen molar-refractivity contribution in [2.45, 2.75) is 32.7 Å². The summed E-state index contributed by atoms with van der Waals surface area (Å²) in [5, 5.41) is 0. The highest BCUT2D eigenvalue weighted by atomic mass is 15.3. The topological polar surface area (TPSA) is 9.72 Å². The summed E-state index contributed by atoms with van der Waals surface area (Å²) >= 11 is 0. The van der Waals surface area contributed by atoms with Crippen molar-refractivity contribution in [1.82, 2.24) is 14.7 Å². The maximum absolute atomic E-state index is 2.72. The van der Waals surface area contributed by atoms with Gasteiger partial charge in [-0.3, -0.25) is 4.90 Å². The molecule has 2 saturated heterocycles. The zero-order valence-electron chi connectivity index (χ0n) is 11.0. The first-order valence-corrected chi connectivity index (χ1v) is 7.02. The van der Waals surface area contributed by atoms with Crippen LogP contribution in [0.1, 0.15) is 26.7 Å². The van der Waals surface area contributed by atoms with E-state index in [-0.39, 0.29) is 0 Å². The lowest BCUT2D eigenvalue weighted by molar-refractivity contribution is 0.101. The van der Waals surface area contributed by atoms with Crippen LogP contribution in [0, 0.1) is 0 Å². The molecule has 2 heterocycles. The molecule has 16 heavy (non-hydrogen) atoms. The molecule has 0 spiro atoms. The summed E-state index contributed by atoms with van der Waals surface area (Å²) in [6.45, 7) is 14.9. The van der Waals surface area contributed by atoms with Crippen molar-refractivity contribution in [1.29, 1.82) is 0 Å². The van der Waals surface area contributed by atoms with E-state index in [0.717, 1.165) is 6.04 Å². The molecule has 2 aliphatic rings. The molecule has 2 aliphatic heterocycles. The monoisotopic (exact) mass is 225 g/mol. The van der Waals surface area contributed by atoms with Gasteiger partial charge in [-0.2, -0.15) is 0 Å². The van der Waals surface area contributed by atoms with E-state index in [9.17, 15) is 0 Å². The van der Waals surface area contributed by atoms with Crippen LogP contribution >= 0.6 is 0 Å². The number of piperazine rings is 1. The summed E-state index contributed by atoms with van der Waals surface area (Å²) in [4.78, 5) is 7.92. The maximum atomic E-state index is 2.72. The maximum Gasteiger partial charge on any atom is 0.0236 e. The molecule has 0 N–H and O–H groups in total. The van der Waals surface area contributed by atoms with E-state index < -0.39 is 0 Å². The van der Waals surface area contributed by atoms with Gasteiger partial charge in [-0.05, 0) is 32.5 Å². The largest absolute Gasteiger partial charge is 0.302 e. The highest BCUT2D eigenvalue weighted by Gasteiger charge is 2.28. The van der Waals surface area contributed by atoms with Crippen LogP contribution in [0.3, 0.4) is 0 Å². The molecule has 1 atom stereocenters. The minimum atomic E-state index is 0.852. The van der Waals surface area contributed by atoms with Gasteiger partial charge in [-0.1, -0.05) is 13.8 Å². The predicted molar refractivity (Wildman–Crippen MR) is 68.8 cm³/mol. The Balaban J connectivity index is 1.73. The lowest BCUT2D eigenvalue weighted by atomic mass is 10.2. The molecule has 2 rings (SSSR count). The second kappa shape index (κ2) is 5.99. The fourth-order valence-electron chi connectivity index (χ4n) is 3.07. The number of rotatable bonds is 4. The Labute approximate surface area is 100 Å². The van der Waals surface area contributed by atoms with Crippen LogP contribution in [-0.2, 0) is 0 Å². The Morgan fingerprint density at radius 3 is 2.31 bits per heavy atom. The Morgan fingerprint density at radius 2 is 1.69 bits per heavy atom. The highest BCUT2D eigenvalue weighted by molar-refractivity contribution is 4.85. The average Bonchev–Trinajstić information content (AvgIpc) is 2.78. The van der Waals surface area contributed by atoms with Gasteiger partial charge in [0.15, 0.2) is 0 Å². The van der Waals surface area contributed by atoms with Crippen LogP contribution in [0.25, 0.3) is 0 Å². The van der Waals surface area contributed by atoms with Crippen LogP contribution in [0.4, 0.5) is 0 Å². The third-order valence-corrected chi connectivity index (χ3v) is 4.16. The van der Waals surface area contributed by atoms with Crippen LogP contribution in [-0.4, -0.2) is 73.1 Å². The van der Waals surface area contributed by atoms with Gasteiger partial charge in [0.1, 0.15) is 0 Å². The number of likely N-dealkylation sites (N-methyl/N-ethyl adjacent to an activating group) is 1. The summed E-state index contributed by atoms with van der Waals surface area (Å²) in [6, 6.07) is 0.852. The van der Waals surface area contributed by atoms with Crippen LogP contribution in [0.5, 0.6) is 0 Å². The molecular weight excluding hydrogens is 198 g/mol. The first-order valence-electron chi connectivity index (χ1n) is 7.02. The normalized spacial score (nSPS) is 30.0. The van der Waals surface area contributed by atoms with Gasteiger partial charge in [0.05, 0.1) is 0 Å². The second-order valence-corrected chi connectivity index (χ2v) is 5.21. The van der Waals surface area contributed by atoms with E-state index in [0.29, 0.717) is 0 Å². The number of likely N-dealkylation sites (tertiary alicyclic amines) is 1. The number of hydrogen-bond donors (Lipinski definition) is 0. The molecule has 0 bridgehead atoms. The molecule has 2 fully saturated rings. The lowest BCUT2D eigenvalue weighted by Gasteiger charge is -2.37. The molecule has 0 aromatic heterocycles. The van der Waals surface area contributed by atoms with Crippen molar-refractivity contribution in [2.75, 3.05) is 52.4 Å².